The maximum Gasteiger partial charge on any atom is 0.494 e. The highest BCUT2D eigenvalue weighted by atomic mass is 35.5. The molecular formula is C108H74BClN6O2S4. The lowest BCUT2D eigenvalue weighted by Gasteiger charge is -2.32. The van der Waals surface area contributed by atoms with Crippen molar-refractivity contribution in [2.45, 2.75) is 38.9 Å². The van der Waals surface area contributed by atoms with Crippen molar-refractivity contribution in [1.29, 1.82) is 0 Å². The topological polar surface area (TPSA) is 95.8 Å². The van der Waals surface area contributed by atoms with E-state index in [-0.39, 0.29) is 18.3 Å². The molecule has 23 rings (SSSR count). The van der Waals surface area contributed by atoms with Crippen LogP contribution in [0.15, 0.2) is 376 Å². The van der Waals surface area contributed by atoms with Crippen LogP contribution in [-0.2, 0) is 9.31 Å². The predicted octanol–water partition coefficient (Wildman–Crippen LogP) is 30.2. The molecule has 14 heteroatoms. The molecule has 0 radical (unpaired) electrons. The largest absolute Gasteiger partial charge is 0.494 e. The molecule has 16 aromatic carbocycles. The summed E-state index contributed by atoms with van der Waals surface area (Å²) in [4.78, 5) is 30.6. The van der Waals surface area contributed by atoms with Crippen molar-refractivity contribution in [3.63, 3.8) is 0 Å². The third kappa shape index (κ3) is 14.4. The Hall–Kier alpha value is -13.3. The molecule has 1 fully saturated rings. The number of thiophene rings is 4. The van der Waals surface area contributed by atoms with Crippen molar-refractivity contribution in [2.75, 3.05) is 0 Å². The van der Waals surface area contributed by atoms with Crippen molar-refractivity contribution in [1.82, 2.24) is 29.9 Å². The van der Waals surface area contributed by atoms with Gasteiger partial charge < -0.3 is 9.31 Å². The zero-order valence-corrected chi connectivity index (χ0v) is 70.9. The first kappa shape index (κ1) is 76.1. The highest BCUT2D eigenvalue weighted by molar-refractivity contribution is 7.27. The normalized spacial score (nSPS) is 13.0. The Balaban J connectivity index is 0.000000120. The minimum Gasteiger partial charge on any atom is -0.399 e. The van der Waals surface area contributed by atoms with Crippen molar-refractivity contribution in [3.05, 3.63) is 381 Å². The average molecular weight is 1660 g/mol. The fourth-order valence-electron chi connectivity index (χ4n) is 16.4. The zero-order valence-electron chi connectivity index (χ0n) is 66.9. The summed E-state index contributed by atoms with van der Waals surface area (Å²) in [6.07, 6.45) is 0. The molecular weight excluding hydrogens is 1590 g/mol. The van der Waals surface area contributed by atoms with Gasteiger partial charge in [0.1, 0.15) is 0 Å². The Morgan fingerprint density at radius 1 is 0.213 bits per heavy atom. The molecule has 6 aromatic heterocycles. The number of benzene rings is 16. The van der Waals surface area contributed by atoms with E-state index in [1.54, 1.807) is 22.7 Å². The molecule has 1 aliphatic heterocycles. The molecule has 0 amide bonds. The Labute approximate surface area is 727 Å². The quantitative estimate of drug-likeness (QED) is 0.112. The maximum atomic E-state index is 6.19. The first-order chi connectivity index (χ1) is 59.8. The average Bonchev–Trinajstić information content (AvgIpc) is 1.56. The highest BCUT2D eigenvalue weighted by Gasteiger charge is 2.51. The molecule has 122 heavy (non-hydrogen) atoms. The Kier molecular flexibility index (Phi) is 20.0. The van der Waals surface area contributed by atoms with Crippen LogP contribution in [0.2, 0.25) is 5.02 Å². The van der Waals surface area contributed by atoms with Gasteiger partial charge in [0.2, 0.25) is 0 Å². The van der Waals surface area contributed by atoms with Crippen LogP contribution in [-0.4, -0.2) is 48.2 Å². The summed E-state index contributed by atoms with van der Waals surface area (Å²) in [5, 5.41) is 10.9. The Morgan fingerprint density at radius 3 is 0.828 bits per heavy atom. The van der Waals surface area contributed by atoms with Gasteiger partial charge in [-0.15, -0.1) is 45.3 Å². The number of rotatable bonds is 12. The first-order valence-electron chi connectivity index (χ1n) is 40.7. The van der Waals surface area contributed by atoms with E-state index in [0.29, 0.717) is 40.0 Å². The third-order valence-corrected chi connectivity index (χ3v) is 28.5. The summed E-state index contributed by atoms with van der Waals surface area (Å²) in [7, 11) is -0.320. The van der Waals surface area contributed by atoms with Gasteiger partial charge in [-0.05, 0) is 149 Å². The van der Waals surface area contributed by atoms with Gasteiger partial charge in [0.25, 0.3) is 0 Å². The summed E-state index contributed by atoms with van der Waals surface area (Å²) in [5.74, 6) is 3.86. The summed E-state index contributed by atoms with van der Waals surface area (Å²) >= 11 is 13.5. The van der Waals surface area contributed by atoms with Gasteiger partial charge in [-0.2, -0.15) is 0 Å². The van der Waals surface area contributed by atoms with Crippen LogP contribution in [0.3, 0.4) is 0 Å². The molecule has 0 N–H and O–H groups in total. The van der Waals surface area contributed by atoms with Gasteiger partial charge in [0, 0.05) is 119 Å². The summed E-state index contributed by atoms with van der Waals surface area (Å²) in [5.41, 5.74) is 17.9. The molecule has 0 aliphatic carbocycles. The molecule has 0 atom stereocenters. The maximum absolute atomic E-state index is 6.19. The summed E-state index contributed by atoms with van der Waals surface area (Å²) < 4.78 is 22.5. The summed E-state index contributed by atoms with van der Waals surface area (Å²) in [6.45, 7) is 8.35. The standard InChI is InChI=1S/C51H31N3S2.C33H20ClN3S.C24H23BO2S/c1-2-12-34(13-3-1)37-14-4-5-17-43(37)50-52-49(53-51(54-50)44-21-11-20-42-40-16-7-9-23-46(40)56-48(42)44)36-30-26-33(27-31-36)32-24-28-35(29-25-32)38-18-10-19-41-39-15-6-8-22-45(39)55-47(38)41;34-23-19-17-22(18-20-23)31-35-32(27-13-5-4-11-24(27)21-9-2-1-3-10-21)37-33(36-31)28-15-8-14-26-25-12-6-7-16-29(25)38-30(26)28;1-23(2)24(3,4)27-25(26-23)17-14-12-16(13-15-17)18-9-7-10-20-19-8-5-6-11-21(19)28-22(18)20/h1-31H;1-20H;5-15H,1-4H3. The van der Waals surface area contributed by atoms with E-state index in [2.05, 4.69) is 343 Å². The van der Waals surface area contributed by atoms with Crippen LogP contribution >= 0.6 is 56.9 Å². The fraction of sp³-hybridized carbons (Fsp3) is 0.0556. The van der Waals surface area contributed by atoms with E-state index >= 15 is 0 Å². The number of halogens is 1. The van der Waals surface area contributed by atoms with E-state index < -0.39 is 0 Å². The van der Waals surface area contributed by atoms with E-state index in [9.17, 15) is 0 Å². The van der Waals surface area contributed by atoms with Gasteiger partial charge in [-0.1, -0.05) is 327 Å². The molecule has 8 nitrogen and oxygen atoms in total. The molecule has 0 saturated carbocycles. The first-order valence-corrected chi connectivity index (χ1v) is 44.4. The van der Waals surface area contributed by atoms with Crippen molar-refractivity contribution in [2.24, 2.45) is 0 Å². The van der Waals surface area contributed by atoms with E-state index in [0.717, 1.165) is 72.2 Å². The number of fused-ring (bicyclic) bond motifs is 12. The van der Waals surface area contributed by atoms with Crippen LogP contribution in [0.5, 0.6) is 0 Å². The lowest BCUT2D eigenvalue weighted by atomic mass is 9.78. The molecule has 582 valence electrons. The minimum atomic E-state index is -0.320. The molecule has 22 aromatic rings. The lowest BCUT2D eigenvalue weighted by molar-refractivity contribution is 0.00578. The van der Waals surface area contributed by atoms with Crippen LogP contribution < -0.4 is 5.46 Å². The molecule has 1 saturated heterocycles. The molecule has 0 spiro atoms. The molecule has 0 unspecified atom stereocenters. The number of nitrogens with zero attached hydrogens (tertiary/aromatic N) is 6. The van der Waals surface area contributed by atoms with Crippen LogP contribution in [0.4, 0.5) is 0 Å². The van der Waals surface area contributed by atoms with Gasteiger partial charge in [-0.3, -0.25) is 0 Å². The highest BCUT2D eigenvalue weighted by Crippen LogP contribution is 2.47. The van der Waals surface area contributed by atoms with Crippen LogP contribution in [0.25, 0.3) is 205 Å². The zero-order chi connectivity index (χ0) is 82.0. The van der Waals surface area contributed by atoms with E-state index in [1.165, 1.54) is 103 Å². The third-order valence-electron chi connectivity index (χ3n) is 23.4. The lowest BCUT2D eigenvalue weighted by Crippen LogP contribution is -2.41. The number of hydrogen-bond donors (Lipinski definition) is 0. The summed E-state index contributed by atoms with van der Waals surface area (Å²) in [6, 6.07) is 132. The smallest absolute Gasteiger partial charge is 0.399 e. The number of aromatic nitrogens is 6. The molecule has 1 aliphatic rings. The minimum absolute atomic E-state index is 0.320. The van der Waals surface area contributed by atoms with Crippen molar-refractivity contribution < 1.29 is 9.31 Å². The monoisotopic (exact) mass is 1660 g/mol. The van der Waals surface area contributed by atoms with Crippen LogP contribution in [0.1, 0.15) is 27.7 Å². The van der Waals surface area contributed by atoms with Crippen molar-refractivity contribution in [3.8, 4) is 124 Å². The van der Waals surface area contributed by atoms with Gasteiger partial charge in [0.05, 0.1) is 11.2 Å². The second kappa shape index (κ2) is 32.0. The second-order valence-corrected chi connectivity index (χ2v) is 36.1. The molecule has 0 bridgehead atoms. The molecule has 7 heterocycles. The predicted molar refractivity (Wildman–Crippen MR) is 518 cm³/mol. The fourth-order valence-corrected chi connectivity index (χ4v) is 21.5. The van der Waals surface area contributed by atoms with Gasteiger partial charge in [0.15, 0.2) is 34.9 Å². The Morgan fingerprint density at radius 2 is 0.459 bits per heavy atom. The van der Waals surface area contributed by atoms with E-state index in [4.69, 9.17) is 50.8 Å². The number of hydrogen-bond acceptors (Lipinski definition) is 12. The van der Waals surface area contributed by atoms with Gasteiger partial charge in [-0.25, -0.2) is 29.9 Å². The van der Waals surface area contributed by atoms with E-state index in [1.807, 2.05) is 83.3 Å². The SMILES string of the molecule is CC1(C)OB(c2ccc(-c3cccc4c3sc3ccccc34)cc2)OC1(C)C.Clc1ccc(-c2nc(-c3ccccc3-c3ccccc3)nc(-c3cccc4c3sc3ccccc34)n2)cc1.c1ccc(-c2ccccc2-c2nc(-c3ccc(-c4ccc(-c5cccc6c5sc5ccccc56)cc4)cc3)nc(-c3cccc4c3sc3ccccc34)n2)cc1. The second-order valence-electron chi connectivity index (χ2n) is 31.4. The Bertz CT molecular complexity index is 7710. The van der Waals surface area contributed by atoms with Gasteiger partial charge >= 0.3 is 7.12 Å². The van der Waals surface area contributed by atoms with Crippen LogP contribution in [0, 0.1) is 0 Å². The van der Waals surface area contributed by atoms with Crippen molar-refractivity contribution >= 4 is 150 Å².